The lowest BCUT2D eigenvalue weighted by molar-refractivity contribution is 0.0527. The molecular weight excluding hydrogens is 356 g/mol. The number of esters is 1. The van der Waals surface area contributed by atoms with Gasteiger partial charge in [-0.25, -0.2) is 4.79 Å². The van der Waals surface area contributed by atoms with Crippen molar-refractivity contribution in [1.82, 2.24) is 5.32 Å². The molecule has 0 spiro atoms. The smallest absolute Gasteiger partial charge is 0.340 e. The molecule has 138 valence electrons. The van der Waals surface area contributed by atoms with E-state index in [9.17, 15) is 9.59 Å². The molecule has 0 fully saturated rings. The summed E-state index contributed by atoms with van der Waals surface area (Å²) in [6, 6.07) is 13.6. The summed E-state index contributed by atoms with van der Waals surface area (Å²) in [5.74, 6) is -0.927. The van der Waals surface area contributed by atoms with Crippen molar-refractivity contribution in [2.24, 2.45) is 5.73 Å². The Morgan fingerprint density at radius 2 is 1.77 bits per heavy atom. The monoisotopic (exact) mass is 376 g/mol. The van der Waals surface area contributed by atoms with Crippen LogP contribution in [0.4, 0.5) is 5.69 Å². The van der Waals surface area contributed by atoms with Gasteiger partial charge < -0.3 is 21.1 Å². The molecule has 0 saturated heterocycles. The van der Waals surface area contributed by atoms with E-state index in [0.717, 1.165) is 5.56 Å². The molecule has 1 amide bonds. The van der Waals surface area contributed by atoms with Gasteiger partial charge in [0.2, 0.25) is 0 Å². The number of hydrogen-bond acceptors (Lipinski definition) is 4. The average molecular weight is 377 g/mol. The van der Waals surface area contributed by atoms with Crippen LogP contribution in [0.3, 0.4) is 0 Å². The van der Waals surface area contributed by atoms with E-state index >= 15 is 0 Å². The first-order valence-corrected chi connectivity index (χ1v) is 7.75. The maximum Gasteiger partial charge on any atom is 0.340 e. The SMILES string of the molecule is CCOC(=O)c1ccccc1NC(=O)c1ccc(CNC(=N)N)cc1.Cl. The Labute approximate surface area is 157 Å². The lowest BCUT2D eigenvalue weighted by Gasteiger charge is -2.11. The fraction of sp³-hybridized carbons (Fsp3) is 0.167. The molecule has 2 rings (SSSR count). The lowest BCUT2D eigenvalue weighted by atomic mass is 10.1. The summed E-state index contributed by atoms with van der Waals surface area (Å²) >= 11 is 0. The molecule has 0 aliphatic heterocycles. The third-order valence-corrected chi connectivity index (χ3v) is 3.37. The largest absolute Gasteiger partial charge is 0.462 e. The normalized spacial score (nSPS) is 9.58. The number of anilines is 1. The highest BCUT2D eigenvalue weighted by Gasteiger charge is 2.14. The van der Waals surface area contributed by atoms with E-state index in [2.05, 4.69) is 10.6 Å². The van der Waals surface area contributed by atoms with Crippen molar-refractivity contribution in [2.75, 3.05) is 11.9 Å². The molecule has 2 aromatic carbocycles. The molecule has 0 aliphatic carbocycles. The average Bonchev–Trinajstić information content (AvgIpc) is 2.61. The summed E-state index contributed by atoms with van der Waals surface area (Å²) in [5.41, 5.74) is 7.27. The number of halogens is 1. The zero-order chi connectivity index (χ0) is 18.2. The van der Waals surface area contributed by atoms with Crippen molar-refractivity contribution >= 4 is 35.9 Å². The Kier molecular flexibility index (Phi) is 8.11. The zero-order valence-corrected chi connectivity index (χ0v) is 15.1. The van der Waals surface area contributed by atoms with Crippen LogP contribution in [-0.4, -0.2) is 24.4 Å². The predicted molar refractivity (Wildman–Crippen MR) is 103 cm³/mol. The maximum absolute atomic E-state index is 12.4. The zero-order valence-electron chi connectivity index (χ0n) is 14.2. The standard InChI is InChI=1S/C18H20N4O3.ClH/c1-2-25-17(24)14-5-3-4-6-15(14)22-16(23)13-9-7-12(8-10-13)11-21-18(19)20;/h3-10H,2,11H2,1H3,(H,22,23)(H4,19,20,21);1H. The van der Waals surface area contributed by atoms with Crippen molar-refractivity contribution in [2.45, 2.75) is 13.5 Å². The van der Waals surface area contributed by atoms with Crippen LogP contribution in [0.1, 0.15) is 33.2 Å². The van der Waals surface area contributed by atoms with Gasteiger partial charge in [0.1, 0.15) is 0 Å². The van der Waals surface area contributed by atoms with Gasteiger partial charge in [0.05, 0.1) is 17.9 Å². The molecule has 0 bridgehead atoms. The minimum atomic E-state index is -0.482. The van der Waals surface area contributed by atoms with Gasteiger partial charge in [-0.05, 0) is 36.8 Å². The van der Waals surface area contributed by atoms with Crippen molar-refractivity contribution in [3.8, 4) is 0 Å². The number of rotatable bonds is 6. The number of benzene rings is 2. The Morgan fingerprint density at radius 3 is 2.38 bits per heavy atom. The van der Waals surface area contributed by atoms with Gasteiger partial charge in [0.15, 0.2) is 5.96 Å². The Bertz CT molecular complexity index is 778. The van der Waals surface area contributed by atoms with E-state index in [-0.39, 0.29) is 30.9 Å². The van der Waals surface area contributed by atoms with Crippen LogP contribution in [0.2, 0.25) is 0 Å². The molecule has 0 saturated carbocycles. The highest BCUT2D eigenvalue weighted by molar-refractivity contribution is 6.08. The van der Waals surface area contributed by atoms with Crippen LogP contribution in [0.15, 0.2) is 48.5 Å². The van der Waals surface area contributed by atoms with Gasteiger partial charge in [-0.3, -0.25) is 10.2 Å². The number of carbonyl (C=O) groups excluding carboxylic acids is 2. The van der Waals surface area contributed by atoms with Crippen molar-refractivity contribution < 1.29 is 14.3 Å². The van der Waals surface area contributed by atoms with Crippen molar-refractivity contribution in [3.05, 3.63) is 65.2 Å². The number of guanidine groups is 1. The van der Waals surface area contributed by atoms with Crippen LogP contribution in [0.5, 0.6) is 0 Å². The van der Waals surface area contributed by atoms with E-state index in [1.54, 1.807) is 55.5 Å². The lowest BCUT2D eigenvalue weighted by Crippen LogP contribution is -2.29. The number of carbonyl (C=O) groups is 2. The quantitative estimate of drug-likeness (QED) is 0.351. The van der Waals surface area contributed by atoms with Crippen LogP contribution < -0.4 is 16.4 Å². The first kappa shape index (κ1) is 21.0. The molecule has 0 radical (unpaired) electrons. The molecule has 8 heteroatoms. The highest BCUT2D eigenvalue weighted by Crippen LogP contribution is 2.17. The van der Waals surface area contributed by atoms with Crippen LogP contribution in [0.25, 0.3) is 0 Å². The van der Waals surface area contributed by atoms with Gasteiger partial charge in [-0.2, -0.15) is 0 Å². The van der Waals surface area contributed by atoms with E-state index < -0.39 is 5.97 Å². The molecule has 5 N–H and O–H groups in total. The summed E-state index contributed by atoms with van der Waals surface area (Å²) in [6.45, 7) is 2.39. The Hall–Kier alpha value is -3.06. The first-order chi connectivity index (χ1) is 12.0. The molecule has 26 heavy (non-hydrogen) atoms. The van der Waals surface area contributed by atoms with Gasteiger partial charge in [-0.15, -0.1) is 12.4 Å². The number of hydrogen-bond donors (Lipinski definition) is 4. The summed E-state index contributed by atoms with van der Waals surface area (Å²) in [4.78, 5) is 24.3. The summed E-state index contributed by atoms with van der Waals surface area (Å²) < 4.78 is 4.99. The van der Waals surface area contributed by atoms with E-state index in [4.69, 9.17) is 15.9 Å². The summed E-state index contributed by atoms with van der Waals surface area (Å²) in [6.07, 6.45) is 0. The fourth-order valence-corrected chi connectivity index (χ4v) is 2.14. The van der Waals surface area contributed by atoms with Gasteiger partial charge in [0.25, 0.3) is 5.91 Å². The third-order valence-electron chi connectivity index (χ3n) is 3.37. The minimum absolute atomic E-state index is 0. The fourth-order valence-electron chi connectivity index (χ4n) is 2.14. The summed E-state index contributed by atoms with van der Waals surface area (Å²) in [7, 11) is 0. The number of nitrogens with one attached hydrogen (secondary N) is 3. The molecule has 0 atom stereocenters. The molecule has 0 aliphatic rings. The molecule has 0 aromatic heterocycles. The third kappa shape index (κ3) is 5.78. The van der Waals surface area contributed by atoms with Crippen molar-refractivity contribution in [3.63, 3.8) is 0 Å². The van der Waals surface area contributed by atoms with E-state index in [1.807, 2.05) is 0 Å². The Balaban J connectivity index is 0.00000338. The molecule has 0 unspecified atom stereocenters. The molecule has 0 heterocycles. The molecule has 7 nitrogen and oxygen atoms in total. The summed E-state index contributed by atoms with van der Waals surface area (Å²) in [5, 5.41) is 12.5. The second-order valence-corrected chi connectivity index (χ2v) is 5.18. The first-order valence-electron chi connectivity index (χ1n) is 7.75. The maximum atomic E-state index is 12.4. The van der Waals surface area contributed by atoms with Gasteiger partial charge in [-0.1, -0.05) is 24.3 Å². The second kappa shape index (κ2) is 10.0. The number of ether oxygens (including phenoxy) is 1. The minimum Gasteiger partial charge on any atom is -0.462 e. The predicted octanol–water partition coefficient (Wildman–Crippen LogP) is 2.52. The van der Waals surface area contributed by atoms with Gasteiger partial charge in [0, 0.05) is 12.1 Å². The van der Waals surface area contributed by atoms with Crippen LogP contribution >= 0.6 is 12.4 Å². The highest BCUT2D eigenvalue weighted by atomic mass is 35.5. The number of nitrogens with two attached hydrogens (primary N) is 1. The van der Waals surface area contributed by atoms with E-state index in [1.165, 1.54) is 0 Å². The van der Waals surface area contributed by atoms with E-state index in [0.29, 0.717) is 23.4 Å². The molecule has 2 aromatic rings. The van der Waals surface area contributed by atoms with Crippen molar-refractivity contribution in [1.29, 1.82) is 5.41 Å². The number of para-hydroxylation sites is 1. The van der Waals surface area contributed by atoms with Crippen LogP contribution in [0, 0.1) is 5.41 Å². The second-order valence-electron chi connectivity index (χ2n) is 5.18. The topological polar surface area (TPSA) is 117 Å². The Morgan fingerprint density at radius 1 is 1.12 bits per heavy atom. The molecular formula is C18H21ClN4O3. The van der Waals surface area contributed by atoms with Gasteiger partial charge >= 0.3 is 5.97 Å². The number of amides is 1. The van der Waals surface area contributed by atoms with Crippen LogP contribution in [-0.2, 0) is 11.3 Å².